The fraction of sp³-hybridized carbons (Fsp3) is 0.235. The maximum atomic E-state index is 12.0. The third-order valence-electron chi connectivity index (χ3n) is 3.53. The summed E-state index contributed by atoms with van der Waals surface area (Å²) in [7, 11) is 3.93. The minimum atomic E-state index is -0.458. The predicted octanol–water partition coefficient (Wildman–Crippen LogP) is 3.09. The summed E-state index contributed by atoms with van der Waals surface area (Å²) in [6.07, 6.45) is 2.96. The Kier molecular flexibility index (Phi) is 6.22. The number of benzene rings is 1. The lowest BCUT2D eigenvalue weighted by Crippen LogP contribution is -2.33. The Morgan fingerprint density at radius 2 is 2.21 bits per heavy atom. The van der Waals surface area contributed by atoms with E-state index in [-0.39, 0.29) is 17.6 Å². The number of nitrogens with zero attached hydrogens (tertiary/aromatic N) is 2. The number of nitro benzene ring substituents is 1. The number of non-ortho nitro benzene ring substituents is 1. The molecule has 0 fully saturated rings. The van der Waals surface area contributed by atoms with Crippen LogP contribution in [0.3, 0.4) is 0 Å². The zero-order chi connectivity index (χ0) is 17.5. The topological polar surface area (TPSA) is 75.5 Å². The van der Waals surface area contributed by atoms with Crippen LogP contribution in [0.15, 0.2) is 47.2 Å². The number of carbonyl (C=O) groups excluding carboxylic acids is 1. The molecule has 0 aliphatic rings. The van der Waals surface area contributed by atoms with Gasteiger partial charge in [-0.2, -0.15) is 11.3 Å². The van der Waals surface area contributed by atoms with Crippen molar-refractivity contribution in [3.05, 3.63) is 68.4 Å². The van der Waals surface area contributed by atoms with Crippen LogP contribution < -0.4 is 5.32 Å². The lowest BCUT2D eigenvalue weighted by molar-refractivity contribution is -0.384. The van der Waals surface area contributed by atoms with E-state index in [0.717, 1.165) is 5.56 Å². The van der Waals surface area contributed by atoms with E-state index in [4.69, 9.17) is 0 Å². The van der Waals surface area contributed by atoms with Gasteiger partial charge < -0.3 is 10.2 Å². The Labute approximate surface area is 144 Å². The minimum Gasteiger partial charge on any atom is -0.351 e. The Bertz CT molecular complexity index is 726. The van der Waals surface area contributed by atoms with Gasteiger partial charge in [-0.25, -0.2) is 0 Å². The first-order chi connectivity index (χ1) is 11.5. The van der Waals surface area contributed by atoms with Gasteiger partial charge in [0.15, 0.2) is 0 Å². The summed E-state index contributed by atoms with van der Waals surface area (Å²) in [6.45, 7) is 0.488. The summed E-state index contributed by atoms with van der Waals surface area (Å²) in [5, 5.41) is 17.7. The highest BCUT2D eigenvalue weighted by Gasteiger charge is 2.14. The first-order valence-corrected chi connectivity index (χ1v) is 8.30. The molecule has 2 rings (SSSR count). The number of nitro groups is 1. The van der Waals surface area contributed by atoms with E-state index in [1.54, 1.807) is 29.5 Å². The first-order valence-electron chi connectivity index (χ1n) is 7.36. The van der Waals surface area contributed by atoms with Gasteiger partial charge in [-0.05, 0) is 48.1 Å². The van der Waals surface area contributed by atoms with Crippen LogP contribution in [0.4, 0.5) is 5.69 Å². The van der Waals surface area contributed by atoms with Crippen molar-refractivity contribution in [2.24, 2.45) is 0 Å². The maximum absolute atomic E-state index is 12.0. The Morgan fingerprint density at radius 3 is 2.83 bits per heavy atom. The largest absolute Gasteiger partial charge is 0.351 e. The van der Waals surface area contributed by atoms with Crippen LogP contribution in [0, 0.1) is 10.1 Å². The second-order valence-corrected chi connectivity index (χ2v) is 6.25. The van der Waals surface area contributed by atoms with E-state index in [2.05, 4.69) is 10.7 Å². The highest BCUT2D eigenvalue weighted by Crippen LogP contribution is 2.20. The first kappa shape index (κ1) is 17.8. The number of hydrogen-bond acceptors (Lipinski definition) is 5. The summed E-state index contributed by atoms with van der Waals surface area (Å²) >= 11 is 1.62. The van der Waals surface area contributed by atoms with Gasteiger partial charge >= 0.3 is 0 Å². The van der Waals surface area contributed by atoms with Crippen molar-refractivity contribution in [3.63, 3.8) is 0 Å². The molecule has 2 aromatic rings. The zero-order valence-electron chi connectivity index (χ0n) is 13.5. The van der Waals surface area contributed by atoms with Crippen LogP contribution in [0.25, 0.3) is 6.08 Å². The Morgan fingerprint density at radius 1 is 1.42 bits per heavy atom. The van der Waals surface area contributed by atoms with E-state index < -0.39 is 4.92 Å². The van der Waals surface area contributed by atoms with Gasteiger partial charge in [-0.1, -0.05) is 12.1 Å². The number of hydrogen-bond donors (Lipinski definition) is 1. The van der Waals surface area contributed by atoms with Crippen molar-refractivity contribution in [2.45, 2.75) is 6.04 Å². The van der Waals surface area contributed by atoms with E-state index in [1.807, 2.05) is 30.4 Å². The zero-order valence-corrected chi connectivity index (χ0v) is 14.3. The molecule has 6 nitrogen and oxygen atoms in total. The quantitative estimate of drug-likeness (QED) is 0.475. The molecule has 0 unspecified atom stereocenters. The van der Waals surface area contributed by atoms with Crippen molar-refractivity contribution >= 4 is 29.0 Å². The highest BCUT2D eigenvalue weighted by molar-refractivity contribution is 7.07. The molecule has 1 heterocycles. The fourth-order valence-electron chi connectivity index (χ4n) is 2.23. The van der Waals surface area contributed by atoms with Crippen LogP contribution in [-0.4, -0.2) is 36.4 Å². The van der Waals surface area contributed by atoms with E-state index in [0.29, 0.717) is 12.1 Å². The summed E-state index contributed by atoms with van der Waals surface area (Å²) in [6, 6.07) is 8.29. The molecule has 126 valence electrons. The molecule has 0 radical (unpaired) electrons. The number of nitrogens with one attached hydrogen (secondary N) is 1. The molecule has 0 saturated carbocycles. The van der Waals surface area contributed by atoms with Crippen LogP contribution in [0.2, 0.25) is 0 Å². The molecule has 1 aromatic heterocycles. The molecular weight excluding hydrogens is 326 g/mol. The average Bonchev–Trinajstić information content (AvgIpc) is 3.07. The van der Waals surface area contributed by atoms with E-state index in [1.165, 1.54) is 18.2 Å². The molecule has 0 aliphatic carbocycles. The molecule has 0 spiro atoms. The van der Waals surface area contributed by atoms with Crippen molar-refractivity contribution in [3.8, 4) is 0 Å². The molecule has 7 heteroatoms. The van der Waals surface area contributed by atoms with Gasteiger partial charge in [0.25, 0.3) is 5.69 Å². The minimum absolute atomic E-state index is 0.00249. The smallest absolute Gasteiger partial charge is 0.270 e. The van der Waals surface area contributed by atoms with Crippen LogP contribution in [0.5, 0.6) is 0 Å². The summed E-state index contributed by atoms with van der Waals surface area (Å²) in [5.74, 6) is -0.233. The normalized spacial score (nSPS) is 12.5. The van der Waals surface area contributed by atoms with E-state index in [9.17, 15) is 14.9 Å². The summed E-state index contributed by atoms with van der Waals surface area (Å²) < 4.78 is 0. The van der Waals surface area contributed by atoms with E-state index >= 15 is 0 Å². The lowest BCUT2D eigenvalue weighted by Gasteiger charge is -2.23. The Hall–Kier alpha value is -2.51. The average molecular weight is 345 g/mol. The highest BCUT2D eigenvalue weighted by atomic mass is 32.1. The number of carbonyl (C=O) groups is 1. The number of rotatable bonds is 7. The standard InChI is InChI=1S/C17H19N3O3S/c1-19(2)16(14-8-9-24-12-14)11-18-17(21)7-6-13-4-3-5-15(10-13)20(22)23/h3-10,12,16H,11H2,1-2H3,(H,18,21)/b7-6+/t16-/m1/s1. The molecule has 1 atom stereocenters. The molecule has 0 bridgehead atoms. The van der Waals surface area contributed by atoms with Crippen molar-refractivity contribution in [1.29, 1.82) is 0 Å². The van der Waals surface area contributed by atoms with Crippen molar-refractivity contribution < 1.29 is 9.72 Å². The predicted molar refractivity (Wildman–Crippen MR) is 95.9 cm³/mol. The van der Waals surface area contributed by atoms with Gasteiger partial charge in [0.2, 0.25) is 5.91 Å². The lowest BCUT2D eigenvalue weighted by atomic mass is 10.1. The van der Waals surface area contributed by atoms with Gasteiger partial charge in [0.05, 0.1) is 11.0 Å². The molecular formula is C17H19N3O3S. The number of thiophene rings is 1. The van der Waals surface area contributed by atoms with Crippen molar-refractivity contribution in [2.75, 3.05) is 20.6 Å². The molecule has 1 amide bonds. The fourth-order valence-corrected chi connectivity index (χ4v) is 2.94. The maximum Gasteiger partial charge on any atom is 0.270 e. The molecule has 1 aromatic carbocycles. The van der Waals surface area contributed by atoms with Gasteiger partial charge in [-0.15, -0.1) is 0 Å². The third kappa shape index (κ3) is 5.00. The van der Waals surface area contributed by atoms with Gasteiger partial charge in [0, 0.05) is 24.8 Å². The Balaban J connectivity index is 1.95. The number of amides is 1. The molecule has 0 aliphatic heterocycles. The second-order valence-electron chi connectivity index (χ2n) is 5.47. The summed E-state index contributed by atoms with van der Waals surface area (Å²) in [4.78, 5) is 24.3. The monoisotopic (exact) mass is 345 g/mol. The molecule has 1 N–H and O–H groups in total. The third-order valence-corrected chi connectivity index (χ3v) is 4.23. The molecule has 0 saturated heterocycles. The van der Waals surface area contributed by atoms with Crippen LogP contribution >= 0.6 is 11.3 Å². The van der Waals surface area contributed by atoms with Crippen molar-refractivity contribution in [1.82, 2.24) is 10.2 Å². The summed E-state index contributed by atoms with van der Waals surface area (Å²) in [5.41, 5.74) is 1.77. The van der Waals surface area contributed by atoms with Crippen LogP contribution in [-0.2, 0) is 4.79 Å². The van der Waals surface area contributed by atoms with Gasteiger partial charge in [-0.3, -0.25) is 14.9 Å². The second kappa shape index (κ2) is 8.37. The van der Waals surface area contributed by atoms with Gasteiger partial charge in [0.1, 0.15) is 0 Å². The number of likely N-dealkylation sites (N-methyl/N-ethyl adjacent to an activating group) is 1. The molecule has 24 heavy (non-hydrogen) atoms. The SMILES string of the molecule is CN(C)[C@H](CNC(=O)/C=C/c1cccc([N+](=O)[O-])c1)c1ccsc1. The van der Waals surface area contributed by atoms with Crippen LogP contribution in [0.1, 0.15) is 17.2 Å².